The highest BCUT2D eigenvalue weighted by Crippen LogP contribution is 2.19. The SMILES string of the molecule is CCCCCCCCCCCCCCCCCCNC(=O)[C@@H](NC(=O)c1ccc(N=Nc2ccccc2)cc1)C(C)C. The molecule has 6 heteroatoms. The van der Waals surface area contributed by atoms with Crippen molar-refractivity contribution in [1.29, 1.82) is 0 Å². The fraction of sp³-hybridized carbons (Fsp3) is 0.611. The molecule has 0 spiro atoms. The van der Waals surface area contributed by atoms with Gasteiger partial charge in [-0.1, -0.05) is 135 Å². The maximum Gasteiger partial charge on any atom is 0.251 e. The van der Waals surface area contributed by atoms with Crippen LogP contribution in [0.5, 0.6) is 0 Å². The molecule has 0 aliphatic rings. The van der Waals surface area contributed by atoms with Crippen molar-refractivity contribution in [2.45, 2.75) is 130 Å². The van der Waals surface area contributed by atoms with Gasteiger partial charge in [-0.15, -0.1) is 0 Å². The van der Waals surface area contributed by atoms with Crippen molar-refractivity contribution in [3.05, 3.63) is 60.2 Å². The second-order valence-corrected chi connectivity index (χ2v) is 11.9. The van der Waals surface area contributed by atoms with Gasteiger partial charge in [0.25, 0.3) is 5.91 Å². The van der Waals surface area contributed by atoms with Crippen molar-refractivity contribution in [2.75, 3.05) is 6.54 Å². The molecule has 0 fully saturated rings. The Bertz CT molecular complexity index is 1000. The van der Waals surface area contributed by atoms with E-state index in [-0.39, 0.29) is 17.7 Å². The van der Waals surface area contributed by atoms with Gasteiger partial charge in [-0.25, -0.2) is 0 Å². The van der Waals surface area contributed by atoms with Gasteiger partial charge < -0.3 is 10.6 Å². The average molecular weight is 577 g/mol. The van der Waals surface area contributed by atoms with Crippen molar-refractivity contribution in [3.63, 3.8) is 0 Å². The van der Waals surface area contributed by atoms with Crippen molar-refractivity contribution in [1.82, 2.24) is 10.6 Å². The number of carbonyl (C=O) groups excluding carboxylic acids is 2. The highest BCUT2D eigenvalue weighted by Gasteiger charge is 2.24. The van der Waals surface area contributed by atoms with Crippen molar-refractivity contribution in [3.8, 4) is 0 Å². The Morgan fingerprint density at radius 3 is 1.55 bits per heavy atom. The number of hydrogen-bond acceptors (Lipinski definition) is 4. The molecule has 2 aromatic rings. The first kappa shape index (κ1) is 35.2. The molecule has 2 aromatic carbocycles. The molecule has 42 heavy (non-hydrogen) atoms. The second kappa shape index (κ2) is 22.6. The van der Waals surface area contributed by atoms with Crippen molar-refractivity contribution in [2.24, 2.45) is 16.1 Å². The topological polar surface area (TPSA) is 82.9 Å². The highest BCUT2D eigenvalue weighted by molar-refractivity contribution is 5.97. The Kier molecular flexibility index (Phi) is 18.9. The molecule has 0 aromatic heterocycles. The number of nitrogens with one attached hydrogen (secondary N) is 2. The van der Waals surface area contributed by atoms with Gasteiger partial charge in [0.1, 0.15) is 6.04 Å². The molecule has 0 aliphatic heterocycles. The standard InChI is InChI=1S/C36H56N4O2/c1-4-5-6-7-8-9-10-11-12-13-14-15-16-17-18-22-29-37-36(42)34(30(2)3)38-35(41)31-25-27-33(28-26-31)40-39-32-23-20-19-21-24-32/h19-21,23-28,30,34H,4-18,22,29H2,1-3H3,(H,37,42)(H,38,41)/t34-/m0/s1. The van der Waals surface area contributed by atoms with E-state index >= 15 is 0 Å². The summed E-state index contributed by atoms with van der Waals surface area (Å²) in [6.07, 6.45) is 21.3. The Labute approximate surface area is 255 Å². The van der Waals surface area contributed by atoms with E-state index in [1.807, 2.05) is 44.2 Å². The number of azo groups is 1. The number of nitrogens with zero attached hydrogens (tertiary/aromatic N) is 2. The van der Waals surface area contributed by atoms with Crippen LogP contribution in [0.4, 0.5) is 11.4 Å². The number of rotatable bonds is 23. The monoisotopic (exact) mass is 576 g/mol. The van der Waals surface area contributed by atoms with Crippen molar-refractivity contribution < 1.29 is 9.59 Å². The summed E-state index contributed by atoms with van der Waals surface area (Å²) in [5, 5.41) is 14.4. The average Bonchev–Trinajstić information content (AvgIpc) is 3.00. The number of benzene rings is 2. The molecule has 0 saturated carbocycles. The van der Waals surface area contributed by atoms with Gasteiger partial charge >= 0.3 is 0 Å². The molecule has 1 atom stereocenters. The zero-order valence-corrected chi connectivity index (χ0v) is 26.6. The molecule has 0 saturated heterocycles. The van der Waals surface area contributed by atoms with E-state index in [1.165, 1.54) is 89.9 Å². The van der Waals surface area contributed by atoms with Gasteiger partial charge in [0.05, 0.1) is 11.4 Å². The van der Waals surface area contributed by atoms with Crippen LogP contribution in [-0.4, -0.2) is 24.4 Å². The summed E-state index contributed by atoms with van der Waals surface area (Å²) in [6.45, 7) is 6.83. The summed E-state index contributed by atoms with van der Waals surface area (Å²) in [6, 6.07) is 15.8. The second-order valence-electron chi connectivity index (χ2n) is 11.9. The van der Waals surface area contributed by atoms with Crippen LogP contribution in [0, 0.1) is 5.92 Å². The Morgan fingerprint density at radius 2 is 1.07 bits per heavy atom. The van der Waals surface area contributed by atoms with Crippen LogP contribution < -0.4 is 10.6 Å². The number of unbranched alkanes of at least 4 members (excludes halogenated alkanes) is 15. The molecule has 2 rings (SSSR count). The van der Waals surface area contributed by atoms with Crippen LogP contribution in [-0.2, 0) is 4.79 Å². The van der Waals surface area contributed by atoms with Gasteiger partial charge in [-0.3, -0.25) is 9.59 Å². The molecule has 0 radical (unpaired) electrons. The summed E-state index contributed by atoms with van der Waals surface area (Å²) in [4.78, 5) is 25.7. The number of carbonyl (C=O) groups is 2. The van der Waals surface area contributed by atoms with Gasteiger partial charge in [-0.2, -0.15) is 10.2 Å². The van der Waals surface area contributed by atoms with E-state index in [2.05, 4.69) is 27.8 Å². The summed E-state index contributed by atoms with van der Waals surface area (Å²) in [7, 11) is 0. The predicted molar refractivity (Wildman–Crippen MR) is 176 cm³/mol. The van der Waals surface area contributed by atoms with Crippen LogP contribution in [0.1, 0.15) is 134 Å². The molecule has 6 nitrogen and oxygen atoms in total. The van der Waals surface area contributed by atoms with E-state index in [9.17, 15) is 9.59 Å². The quantitative estimate of drug-likeness (QED) is 0.102. The lowest BCUT2D eigenvalue weighted by Gasteiger charge is -2.21. The normalized spacial score (nSPS) is 12.1. The highest BCUT2D eigenvalue weighted by atomic mass is 16.2. The van der Waals surface area contributed by atoms with Gasteiger partial charge in [-0.05, 0) is 48.7 Å². The maximum atomic E-state index is 12.8. The summed E-state index contributed by atoms with van der Waals surface area (Å²) in [5.41, 5.74) is 1.92. The molecule has 0 aliphatic carbocycles. The first-order valence-electron chi connectivity index (χ1n) is 16.7. The Hall–Kier alpha value is -3.02. The zero-order chi connectivity index (χ0) is 30.3. The fourth-order valence-corrected chi connectivity index (χ4v) is 5.04. The molecule has 232 valence electrons. The largest absolute Gasteiger partial charge is 0.354 e. The Balaban J connectivity index is 1.54. The first-order valence-corrected chi connectivity index (χ1v) is 16.7. The first-order chi connectivity index (χ1) is 20.5. The molecule has 2 N–H and O–H groups in total. The van der Waals surface area contributed by atoms with Crippen LogP contribution >= 0.6 is 0 Å². The fourth-order valence-electron chi connectivity index (χ4n) is 5.04. The maximum absolute atomic E-state index is 12.8. The van der Waals surface area contributed by atoms with E-state index in [0.29, 0.717) is 17.8 Å². The van der Waals surface area contributed by atoms with Crippen molar-refractivity contribution >= 4 is 23.2 Å². The third-order valence-corrected chi connectivity index (χ3v) is 7.73. The number of amides is 2. The van der Waals surface area contributed by atoms with Gasteiger partial charge in [0, 0.05) is 12.1 Å². The molecular formula is C36H56N4O2. The molecule has 0 heterocycles. The minimum Gasteiger partial charge on any atom is -0.354 e. The smallest absolute Gasteiger partial charge is 0.251 e. The number of hydrogen-bond donors (Lipinski definition) is 2. The molecule has 0 unspecified atom stereocenters. The van der Waals surface area contributed by atoms with Crippen LogP contribution in [0.25, 0.3) is 0 Å². The summed E-state index contributed by atoms with van der Waals surface area (Å²) < 4.78 is 0. The van der Waals surface area contributed by atoms with E-state index in [1.54, 1.807) is 24.3 Å². The van der Waals surface area contributed by atoms with E-state index < -0.39 is 6.04 Å². The third kappa shape index (κ3) is 15.8. The predicted octanol–water partition coefficient (Wildman–Crippen LogP) is 10.2. The third-order valence-electron chi connectivity index (χ3n) is 7.73. The minimum absolute atomic E-state index is 0.0151. The lowest BCUT2D eigenvalue weighted by atomic mass is 10.0. The summed E-state index contributed by atoms with van der Waals surface area (Å²) >= 11 is 0. The lowest BCUT2D eigenvalue weighted by Crippen LogP contribution is -2.49. The van der Waals surface area contributed by atoms with E-state index in [4.69, 9.17) is 0 Å². The van der Waals surface area contributed by atoms with Gasteiger partial charge in [0.2, 0.25) is 5.91 Å². The molecular weight excluding hydrogens is 520 g/mol. The summed E-state index contributed by atoms with van der Waals surface area (Å²) in [5.74, 6) is -0.399. The Morgan fingerprint density at radius 1 is 0.619 bits per heavy atom. The zero-order valence-electron chi connectivity index (χ0n) is 26.6. The van der Waals surface area contributed by atoms with Crippen LogP contribution in [0.15, 0.2) is 64.8 Å². The van der Waals surface area contributed by atoms with E-state index in [0.717, 1.165) is 18.5 Å². The van der Waals surface area contributed by atoms with Crippen LogP contribution in [0.2, 0.25) is 0 Å². The molecule has 2 amide bonds. The van der Waals surface area contributed by atoms with Gasteiger partial charge in [0.15, 0.2) is 0 Å². The lowest BCUT2D eigenvalue weighted by molar-refractivity contribution is -0.123. The minimum atomic E-state index is -0.573. The molecule has 0 bridgehead atoms. The van der Waals surface area contributed by atoms with Crippen LogP contribution in [0.3, 0.4) is 0 Å².